The topological polar surface area (TPSA) is 90.2 Å². The van der Waals surface area contributed by atoms with Crippen molar-refractivity contribution in [2.24, 2.45) is 0 Å². The number of anilines is 2. The number of rotatable bonds is 4. The van der Waals surface area contributed by atoms with Crippen molar-refractivity contribution in [3.63, 3.8) is 0 Å². The van der Waals surface area contributed by atoms with Crippen LogP contribution < -0.4 is 10.6 Å². The summed E-state index contributed by atoms with van der Waals surface area (Å²) in [7, 11) is 0. The molecule has 1 aromatic carbocycles. The van der Waals surface area contributed by atoms with Crippen LogP contribution in [0.3, 0.4) is 0 Å². The van der Waals surface area contributed by atoms with Crippen LogP contribution in [0, 0.1) is 0 Å². The summed E-state index contributed by atoms with van der Waals surface area (Å²) in [5.41, 5.74) is 12.2. The summed E-state index contributed by atoms with van der Waals surface area (Å²) in [5, 5.41) is 12.9. The van der Waals surface area contributed by atoms with Crippen LogP contribution in [0.25, 0.3) is 28.0 Å². The first-order chi connectivity index (χ1) is 14.6. The van der Waals surface area contributed by atoms with Crippen LogP contribution >= 0.6 is 11.8 Å². The maximum Gasteiger partial charge on any atom is 0.152 e. The Kier molecular flexibility index (Phi) is 4.82. The van der Waals surface area contributed by atoms with Crippen molar-refractivity contribution < 1.29 is 0 Å². The molecule has 2 N–H and O–H groups in total. The van der Waals surface area contributed by atoms with Crippen LogP contribution in [0.1, 0.15) is 19.9 Å². The van der Waals surface area contributed by atoms with Gasteiger partial charge in [0, 0.05) is 47.5 Å². The third-order valence-corrected chi connectivity index (χ3v) is 6.38. The normalized spacial score (nSPS) is 14.7. The minimum Gasteiger partial charge on any atom is -0.382 e. The Morgan fingerprint density at radius 3 is 2.73 bits per heavy atom. The van der Waals surface area contributed by atoms with Gasteiger partial charge in [-0.15, -0.1) is 5.10 Å². The van der Waals surface area contributed by atoms with Gasteiger partial charge < -0.3 is 10.6 Å². The molecule has 5 rings (SSSR count). The molecule has 0 bridgehead atoms. The number of fused-ring (bicyclic) bond motifs is 1. The lowest BCUT2D eigenvalue weighted by molar-refractivity contribution is 0.519. The first-order valence-electron chi connectivity index (χ1n) is 10.1. The van der Waals surface area contributed by atoms with E-state index in [1.165, 1.54) is 23.5 Å². The lowest BCUT2D eigenvalue weighted by Crippen LogP contribution is -2.32. The van der Waals surface area contributed by atoms with E-state index >= 15 is 0 Å². The van der Waals surface area contributed by atoms with E-state index < -0.39 is 0 Å². The Bertz CT molecular complexity index is 1190. The number of hydrogen-bond acceptors (Lipinski definition) is 7. The average Bonchev–Trinajstić information content (AvgIpc) is 3.40. The van der Waals surface area contributed by atoms with E-state index in [1.807, 2.05) is 21.0 Å². The fourth-order valence-electron chi connectivity index (χ4n) is 3.97. The van der Waals surface area contributed by atoms with E-state index in [1.54, 1.807) is 6.20 Å². The molecule has 1 aliphatic rings. The molecule has 4 heterocycles. The molecule has 1 aliphatic heterocycles. The Morgan fingerprint density at radius 1 is 1.10 bits per heavy atom. The summed E-state index contributed by atoms with van der Waals surface area (Å²) in [4.78, 5) is 6.68. The Hall–Kier alpha value is -3.07. The minimum atomic E-state index is 0.173. The molecule has 0 spiro atoms. The Balaban J connectivity index is 1.68. The summed E-state index contributed by atoms with van der Waals surface area (Å²) in [5.74, 6) is 2.77. The first kappa shape index (κ1) is 18.9. The third kappa shape index (κ3) is 3.19. The number of hydrogen-bond donors (Lipinski definition) is 1. The monoisotopic (exact) mass is 420 g/mol. The number of nitrogen functional groups attached to an aromatic ring is 1. The highest BCUT2D eigenvalue weighted by molar-refractivity contribution is 7.99. The molecule has 0 radical (unpaired) electrons. The standard InChI is InChI=1S/C21H24N8S/c1-14(2)28-19(12-24-26-28)17-11-18(29-20(17)21(22)23-13-25-29)15-4-3-5-16(10-15)27-6-8-30-9-7-27/h3-5,10-14H,6-9H2,1-2H3,(H2,22,23,25). The van der Waals surface area contributed by atoms with Crippen molar-refractivity contribution in [3.05, 3.63) is 42.9 Å². The molecule has 9 heteroatoms. The van der Waals surface area contributed by atoms with Crippen molar-refractivity contribution in [1.82, 2.24) is 29.6 Å². The summed E-state index contributed by atoms with van der Waals surface area (Å²) in [6.45, 7) is 6.31. The molecule has 3 aromatic heterocycles. The van der Waals surface area contributed by atoms with Crippen LogP contribution in [0.4, 0.5) is 11.5 Å². The van der Waals surface area contributed by atoms with Crippen molar-refractivity contribution in [3.8, 4) is 22.5 Å². The maximum absolute atomic E-state index is 6.29. The second kappa shape index (κ2) is 7.64. The highest BCUT2D eigenvalue weighted by Crippen LogP contribution is 2.36. The zero-order chi connectivity index (χ0) is 20.7. The lowest BCUT2D eigenvalue weighted by Gasteiger charge is -2.28. The van der Waals surface area contributed by atoms with Gasteiger partial charge in [0.25, 0.3) is 0 Å². The van der Waals surface area contributed by atoms with Gasteiger partial charge in [-0.2, -0.15) is 16.9 Å². The Morgan fingerprint density at radius 2 is 1.93 bits per heavy atom. The van der Waals surface area contributed by atoms with Gasteiger partial charge in [-0.25, -0.2) is 14.2 Å². The van der Waals surface area contributed by atoms with E-state index in [0.717, 1.165) is 41.1 Å². The summed E-state index contributed by atoms with van der Waals surface area (Å²) in [6, 6.07) is 10.9. The molecule has 8 nitrogen and oxygen atoms in total. The van der Waals surface area contributed by atoms with Crippen LogP contribution in [0.15, 0.2) is 42.9 Å². The van der Waals surface area contributed by atoms with Crippen molar-refractivity contribution in [2.75, 3.05) is 35.2 Å². The molecule has 4 aromatic rings. The van der Waals surface area contributed by atoms with Gasteiger partial charge >= 0.3 is 0 Å². The molecule has 0 unspecified atom stereocenters. The van der Waals surface area contributed by atoms with Crippen molar-refractivity contribution in [1.29, 1.82) is 0 Å². The number of benzene rings is 1. The second-order valence-corrected chi connectivity index (χ2v) is 8.88. The fraction of sp³-hybridized carbons (Fsp3) is 0.333. The maximum atomic E-state index is 6.29. The number of nitrogens with two attached hydrogens (primary N) is 1. The second-order valence-electron chi connectivity index (χ2n) is 7.66. The average molecular weight is 421 g/mol. The largest absolute Gasteiger partial charge is 0.382 e. The van der Waals surface area contributed by atoms with E-state index in [4.69, 9.17) is 5.73 Å². The van der Waals surface area contributed by atoms with Crippen molar-refractivity contribution >= 4 is 28.8 Å². The molecule has 30 heavy (non-hydrogen) atoms. The fourth-order valence-corrected chi connectivity index (χ4v) is 4.87. The van der Waals surface area contributed by atoms with Crippen molar-refractivity contribution in [2.45, 2.75) is 19.9 Å². The molecule has 1 saturated heterocycles. The molecule has 0 amide bonds. The smallest absolute Gasteiger partial charge is 0.152 e. The number of thioether (sulfide) groups is 1. The highest BCUT2D eigenvalue weighted by Gasteiger charge is 2.21. The third-order valence-electron chi connectivity index (χ3n) is 5.44. The molecule has 154 valence electrons. The predicted octanol–water partition coefficient (Wildman–Crippen LogP) is 3.37. The predicted molar refractivity (Wildman–Crippen MR) is 122 cm³/mol. The minimum absolute atomic E-state index is 0.173. The van der Waals surface area contributed by atoms with Gasteiger partial charge in [0.2, 0.25) is 0 Å². The van der Waals surface area contributed by atoms with Gasteiger partial charge in [0.15, 0.2) is 5.82 Å². The lowest BCUT2D eigenvalue weighted by atomic mass is 10.1. The highest BCUT2D eigenvalue weighted by atomic mass is 32.2. The molecule has 0 aliphatic carbocycles. The van der Waals surface area contributed by atoms with Gasteiger partial charge in [0.05, 0.1) is 17.6 Å². The summed E-state index contributed by atoms with van der Waals surface area (Å²) >= 11 is 2.01. The molecule has 0 saturated carbocycles. The van der Waals surface area contributed by atoms with Gasteiger partial charge in [-0.3, -0.25) is 0 Å². The van der Waals surface area contributed by atoms with E-state index in [9.17, 15) is 0 Å². The van der Waals surface area contributed by atoms with Gasteiger partial charge in [-0.1, -0.05) is 17.3 Å². The van der Waals surface area contributed by atoms with Crippen LogP contribution in [0.5, 0.6) is 0 Å². The first-order valence-corrected chi connectivity index (χ1v) is 11.2. The van der Waals surface area contributed by atoms with E-state index in [2.05, 4.69) is 69.5 Å². The van der Waals surface area contributed by atoms with Crippen LogP contribution in [-0.4, -0.2) is 54.2 Å². The zero-order valence-corrected chi connectivity index (χ0v) is 17.9. The quantitative estimate of drug-likeness (QED) is 0.541. The SMILES string of the molecule is CC(C)n1nncc1-c1cc(-c2cccc(N3CCSCC3)c2)n2ncnc(N)c12. The number of nitrogens with zero attached hydrogens (tertiary/aromatic N) is 7. The number of aromatic nitrogens is 6. The molecular weight excluding hydrogens is 396 g/mol. The molecule has 0 atom stereocenters. The molecule has 1 fully saturated rings. The summed E-state index contributed by atoms with van der Waals surface area (Å²) in [6.07, 6.45) is 3.27. The van der Waals surface area contributed by atoms with Crippen LogP contribution in [-0.2, 0) is 0 Å². The molecular formula is C21H24N8S. The zero-order valence-electron chi connectivity index (χ0n) is 17.1. The Labute approximate surface area is 179 Å². The summed E-state index contributed by atoms with van der Waals surface area (Å²) < 4.78 is 3.77. The van der Waals surface area contributed by atoms with Gasteiger partial charge in [-0.05, 0) is 32.0 Å². The van der Waals surface area contributed by atoms with E-state index in [0.29, 0.717) is 5.82 Å². The van der Waals surface area contributed by atoms with Crippen LogP contribution in [0.2, 0.25) is 0 Å². The van der Waals surface area contributed by atoms with Gasteiger partial charge in [0.1, 0.15) is 11.8 Å². The van der Waals surface area contributed by atoms with E-state index in [-0.39, 0.29) is 6.04 Å².